The fourth-order valence-electron chi connectivity index (χ4n) is 2.45. The van der Waals surface area contributed by atoms with E-state index in [9.17, 15) is 4.79 Å². The molecule has 1 fully saturated rings. The first-order valence-corrected chi connectivity index (χ1v) is 5.68. The van der Waals surface area contributed by atoms with E-state index < -0.39 is 5.97 Å². The van der Waals surface area contributed by atoms with Crippen molar-refractivity contribution in [1.29, 1.82) is 0 Å². The van der Waals surface area contributed by atoms with Crippen LogP contribution in [0.15, 0.2) is 34.9 Å². The van der Waals surface area contributed by atoms with Crippen molar-refractivity contribution in [2.24, 2.45) is 5.92 Å². The molecule has 3 rings (SSSR count). The molecule has 1 aliphatic heterocycles. The number of nitrogens with one attached hydrogen (secondary N) is 1. The van der Waals surface area contributed by atoms with Gasteiger partial charge in [0.2, 0.25) is 0 Å². The van der Waals surface area contributed by atoms with E-state index in [0.29, 0.717) is 13.0 Å². The van der Waals surface area contributed by atoms with E-state index in [0.717, 1.165) is 16.5 Å². The van der Waals surface area contributed by atoms with Gasteiger partial charge in [-0.25, -0.2) is 0 Å². The fourth-order valence-corrected chi connectivity index (χ4v) is 2.45. The zero-order valence-corrected chi connectivity index (χ0v) is 9.22. The third-order valence-electron chi connectivity index (χ3n) is 3.36. The minimum Gasteiger partial charge on any atom is -0.481 e. The molecule has 88 valence electrons. The van der Waals surface area contributed by atoms with Crippen molar-refractivity contribution in [1.82, 2.24) is 5.32 Å². The van der Waals surface area contributed by atoms with Gasteiger partial charge in [-0.1, -0.05) is 18.2 Å². The molecule has 1 aromatic heterocycles. The lowest BCUT2D eigenvalue weighted by molar-refractivity contribution is -0.141. The van der Waals surface area contributed by atoms with E-state index in [-0.39, 0.29) is 12.0 Å². The Labute approximate surface area is 98.2 Å². The van der Waals surface area contributed by atoms with Gasteiger partial charge in [0.05, 0.1) is 12.2 Å². The topological polar surface area (TPSA) is 62.5 Å². The summed E-state index contributed by atoms with van der Waals surface area (Å²) in [6.45, 7) is 0.525. The highest BCUT2D eigenvalue weighted by Crippen LogP contribution is 2.32. The molecule has 0 bridgehead atoms. The molecule has 1 aromatic carbocycles. The average molecular weight is 231 g/mol. The average Bonchev–Trinajstić information content (AvgIpc) is 2.97. The molecule has 0 amide bonds. The van der Waals surface area contributed by atoms with E-state index in [2.05, 4.69) is 5.32 Å². The van der Waals surface area contributed by atoms with Gasteiger partial charge >= 0.3 is 5.97 Å². The van der Waals surface area contributed by atoms with E-state index in [4.69, 9.17) is 9.52 Å². The van der Waals surface area contributed by atoms with Crippen LogP contribution in [0.2, 0.25) is 0 Å². The molecule has 17 heavy (non-hydrogen) atoms. The van der Waals surface area contributed by atoms with Gasteiger partial charge < -0.3 is 14.8 Å². The largest absolute Gasteiger partial charge is 0.481 e. The Kier molecular flexibility index (Phi) is 2.37. The van der Waals surface area contributed by atoms with E-state index >= 15 is 0 Å². The van der Waals surface area contributed by atoms with Gasteiger partial charge in [-0.15, -0.1) is 0 Å². The summed E-state index contributed by atoms with van der Waals surface area (Å²) in [5.74, 6) is -1.03. The third kappa shape index (κ3) is 1.70. The van der Waals surface area contributed by atoms with Crippen LogP contribution >= 0.6 is 0 Å². The maximum absolute atomic E-state index is 10.9. The molecule has 0 aliphatic carbocycles. The second kappa shape index (κ2) is 3.89. The highest BCUT2D eigenvalue weighted by molar-refractivity contribution is 5.81. The number of hydrogen-bond acceptors (Lipinski definition) is 3. The minimum absolute atomic E-state index is 0.0750. The number of benzene rings is 1. The highest BCUT2D eigenvalue weighted by atomic mass is 16.4. The summed E-state index contributed by atoms with van der Waals surface area (Å²) in [5.41, 5.74) is 1.91. The monoisotopic (exact) mass is 231 g/mol. The van der Waals surface area contributed by atoms with E-state index in [1.54, 1.807) is 6.26 Å². The van der Waals surface area contributed by atoms with Crippen molar-refractivity contribution in [3.63, 3.8) is 0 Å². The molecule has 2 aromatic rings. The van der Waals surface area contributed by atoms with Gasteiger partial charge in [0.1, 0.15) is 5.58 Å². The zero-order chi connectivity index (χ0) is 11.8. The summed E-state index contributed by atoms with van der Waals surface area (Å²) in [6, 6.07) is 7.96. The minimum atomic E-state index is -0.730. The van der Waals surface area contributed by atoms with Crippen LogP contribution in [-0.2, 0) is 4.79 Å². The molecule has 2 unspecified atom stereocenters. The van der Waals surface area contributed by atoms with Gasteiger partial charge in [-0.3, -0.25) is 4.79 Å². The zero-order valence-electron chi connectivity index (χ0n) is 9.22. The van der Waals surface area contributed by atoms with Crippen molar-refractivity contribution in [2.75, 3.05) is 6.54 Å². The predicted octanol–water partition coefficient (Wildman–Crippen LogP) is 2.17. The Morgan fingerprint density at radius 1 is 1.41 bits per heavy atom. The van der Waals surface area contributed by atoms with Crippen LogP contribution in [-0.4, -0.2) is 17.6 Å². The molecule has 0 saturated carbocycles. The number of hydrogen-bond donors (Lipinski definition) is 2. The number of furan rings is 1. The molecule has 2 atom stereocenters. The van der Waals surface area contributed by atoms with Gasteiger partial charge in [0.15, 0.2) is 0 Å². The Balaban J connectivity index is 1.95. The Morgan fingerprint density at radius 2 is 2.29 bits per heavy atom. The van der Waals surface area contributed by atoms with Gasteiger partial charge in [0, 0.05) is 23.5 Å². The molecule has 4 nitrogen and oxygen atoms in total. The van der Waals surface area contributed by atoms with Gasteiger partial charge in [-0.2, -0.15) is 0 Å². The Morgan fingerprint density at radius 3 is 3.06 bits per heavy atom. The number of para-hydroxylation sites is 1. The lowest BCUT2D eigenvalue weighted by atomic mass is 9.99. The number of carboxylic acids is 1. The SMILES string of the molecule is O=C(O)C1CNC(c2cccc3ccoc23)C1. The van der Waals surface area contributed by atoms with E-state index in [1.165, 1.54) is 0 Å². The normalized spacial score (nSPS) is 24.2. The van der Waals surface area contributed by atoms with E-state index in [1.807, 2.05) is 24.3 Å². The lowest BCUT2D eigenvalue weighted by Crippen LogP contribution is -2.17. The quantitative estimate of drug-likeness (QED) is 0.831. The number of carbonyl (C=O) groups is 1. The number of carboxylic acid groups (broad SMARTS) is 1. The molecule has 0 radical (unpaired) electrons. The second-order valence-electron chi connectivity index (χ2n) is 4.42. The number of rotatable bonds is 2. The molecule has 4 heteroatoms. The van der Waals surface area contributed by atoms with Gasteiger partial charge in [-0.05, 0) is 12.5 Å². The highest BCUT2D eigenvalue weighted by Gasteiger charge is 2.31. The van der Waals surface area contributed by atoms with Crippen LogP contribution in [0.3, 0.4) is 0 Å². The summed E-state index contributed by atoms with van der Waals surface area (Å²) >= 11 is 0. The summed E-state index contributed by atoms with van der Waals surface area (Å²) in [6.07, 6.45) is 2.28. The first-order chi connectivity index (χ1) is 8.25. The molecular weight excluding hydrogens is 218 g/mol. The summed E-state index contributed by atoms with van der Waals surface area (Å²) in [5, 5.41) is 13.3. The van der Waals surface area contributed by atoms with Crippen molar-refractivity contribution in [3.05, 3.63) is 36.1 Å². The summed E-state index contributed by atoms with van der Waals surface area (Å²) < 4.78 is 5.47. The fraction of sp³-hybridized carbons (Fsp3) is 0.308. The molecule has 2 heterocycles. The first kappa shape index (κ1) is 10.4. The van der Waals surface area contributed by atoms with Crippen molar-refractivity contribution < 1.29 is 14.3 Å². The number of fused-ring (bicyclic) bond motifs is 1. The van der Waals surface area contributed by atoms with Crippen LogP contribution < -0.4 is 5.32 Å². The first-order valence-electron chi connectivity index (χ1n) is 5.68. The van der Waals surface area contributed by atoms with Crippen LogP contribution in [0, 0.1) is 5.92 Å². The lowest BCUT2D eigenvalue weighted by Gasteiger charge is -2.10. The van der Waals surface area contributed by atoms with Crippen LogP contribution in [0.5, 0.6) is 0 Å². The molecule has 1 aliphatic rings. The standard InChI is InChI=1S/C13H13NO3/c15-13(16)9-6-11(14-7-9)10-3-1-2-8-4-5-17-12(8)10/h1-5,9,11,14H,6-7H2,(H,15,16). The van der Waals surface area contributed by atoms with Crippen molar-refractivity contribution in [3.8, 4) is 0 Å². The smallest absolute Gasteiger partial charge is 0.307 e. The Hall–Kier alpha value is -1.81. The predicted molar refractivity (Wildman–Crippen MR) is 62.7 cm³/mol. The Bertz CT molecular complexity index is 561. The van der Waals surface area contributed by atoms with Crippen LogP contribution in [0.4, 0.5) is 0 Å². The second-order valence-corrected chi connectivity index (χ2v) is 4.42. The maximum Gasteiger partial charge on any atom is 0.307 e. The number of aliphatic carboxylic acids is 1. The summed E-state index contributed by atoms with van der Waals surface area (Å²) in [4.78, 5) is 10.9. The third-order valence-corrected chi connectivity index (χ3v) is 3.36. The van der Waals surface area contributed by atoms with Crippen LogP contribution in [0.1, 0.15) is 18.0 Å². The maximum atomic E-state index is 10.9. The van der Waals surface area contributed by atoms with Crippen LogP contribution in [0.25, 0.3) is 11.0 Å². The molecule has 2 N–H and O–H groups in total. The van der Waals surface area contributed by atoms with Crippen molar-refractivity contribution >= 4 is 16.9 Å². The molecule has 1 saturated heterocycles. The van der Waals surface area contributed by atoms with Gasteiger partial charge in [0.25, 0.3) is 0 Å². The van der Waals surface area contributed by atoms with Crippen molar-refractivity contribution in [2.45, 2.75) is 12.5 Å². The summed E-state index contributed by atoms with van der Waals surface area (Å²) in [7, 11) is 0. The molecular formula is C13H13NO3. The molecule has 0 spiro atoms.